The third-order valence-electron chi connectivity index (χ3n) is 10.4. The fraction of sp³-hybridized carbons (Fsp3) is 0.317. The van der Waals surface area contributed by atoms with E-state index in [1.54, 1.807) is 16.7 Å². The Hall–Kier alpha value is -2.76. The van der Waals surface area contributed by atoms with Gasteiger partial charge in [0.25, 0.3) is 0 Å². The van der Waals surface area contributed by atoms with Crippen LogP contribution in [-0.2, 0) is 26.2 Å². The molecule has 0 N–H and O–H groups in total. The van der Waals surface area contributed by atoms with Crippen LogP contribution in [0.4, 0.5) is 0 Å². The molecule has 0 saturated heterocycles. The van der Waals surface area contributed by atoms with Crippen LogP contribution in [0.2, 0.25) is 0 Å². The summed E-state index contributed by atoms with van der Waals surface area (Å²) in [5.41, 5.74) is 21.5. The zero-order chi connectivity index (χ0) is 28.5. The molecule has 0 heterocycles. The monoisotopic (exact) mass is 624 g/mol. The van der Waals surface area contributed by atoms with Gasteiger partial charge in [-0.3, -0.25) is 0 Å². The number of fused-ring (bicyclic) bond motifs is 3. The fourth-order valence-electron chi connectivity index (χ4n) is 9.06. The molecule has 4 aromatic rings. The Morgan fingerprint density at radius 3 is 1.45 bits per heavy atom. The number of benzene rings is 4. The van der Waals surface area contributed by atoms with Crippen molar-refractivity contribution in [2.24, 2.45) is 5.41 Å². The second kappa shape index (κ2) is 11.1. The van der Waals surface area contributed by atoms with E-state index in [1.165, 1.54) is 92.4 Å². The van der Waals surface area contributed by atoms with Gasteiger partial charge in [-0.05, 0) is 140 Å². The minimum Gasteiger partial charge on any atom is -0.0804 e. The van der Waals surface area contributed by atoms with E-state index in [-0.39, 0.29) is 31.6 Å². The Bertz CT molecular complexity index is 1620. The van der Waals surface area contributed by atoms with Crippen LogP contribution in [0.5, 0.6) is 0 Å². The van der Waals surface area contributed by atoms with Crippen molar-refractivity contribution in [3.63, 3.8) is 0 Å². The van der Waals surface area contributed by atoms with Gasteiger partial charge in [0.1, 0.15) is 0 Å². The van der Waals surface area contributed by atoms with Gasteiger partial charge in [-0.1, -0.05) is 96.3 Å². The summed E-state index contributed by atoms with van der Waals surface area (Å²) < 4.78 is 0. The van der Waals surface area contributed by atoms with Crippen LogP contribution in [0.3, 0.4) is 0 Å². The van der Waals surface area contributed by atoms with Crippen molar-refractivity contribution in [2.45, 2.75) is 79.6 Å². The molecule has 0 aromatic heterocycles. The zero-order valence-electron chi connectivity index (χ0n) is 26.1. The summed E-state index contributed by atoms with van der Waals surface area (Å²) in [5.74, 6) is 0.387. The third kappa shape index (κ3) is 4.59. The van der Waals surface area contributed by atoms with Crippen LogP contribution < -0.4 is 0 Å². The summed E-state index contributed by atoms with van der Waals surface area (Å²) in [6.45, 7) is 13.5. The van der Waals surface area contributed by atoms with Crippen LogP contribution in [0, 0.1) is 47.0 Å². The summed E-state index contributed by atoms with van der Waals surface area (Å²) in [7, 11) is 0. The van der Waals surface area contributed by atoms with Crippen LogP contribution >= 0.6 is 0 Å². The maximum absolute atomic E-state index is 2.58. The van der Waals surface area contributed by atoms with E-state index >= 15 is 0 Å². The molecular weight excluding hydrogens is 584 g/mol. The minimum absolute atomic E-state index is 0. The standard InChI is InChI=1S/C41H42.Zr/c1-25-19-27(3)38(28(4)20-25)31-13-15-34-35-16-14-32(39-29(5)21-26(2)22-30(39)6)24-37(35)40(36(34)23-31)41(17-9-10-18-41)33-11-7-8-12-33;/h7-8,11,13-16,19-24,40H,9-10,12,17-18H2,1-6H3;. The molecule has 1 fully saturated rings. The fourth-order valence-corrected chi connectivity index (χ4v) is 9.06. The van der Waals surface area contributed by atoms with Gasteiger partial charge in [-0.25, -0.2) is 0 Å². The molecule has 3 aliphatic carbocycles. The van der Waals surface area contributed by atoms with E-state index in [2.05, 4.69) is 120 Å². The summed E-state index contributed by atoms with van der Waals surface area (Å²) in [6.07, 6.45) is 13.4. The van der Waals surface area contributed by atoms with E-state index in [4.69, 9.17) is 0 Å². The second-order valence-electron chi connectivity index (χ2n) is 13.3. The van der Waals surface area contributed by atoms with E-state index < -0.39 is 0 Å². The Morgan fingerprint density at radius 2 is 1.05 bits per heavy atom. The molecule has 0 amide bonds. The molecule has 210 valence electrons. The van der Waals surface area contributed by atoms with Crippen LogP contribution in [-0.4, -0.2) is 0 Å². The predicted octanol–water partition coefficient (Wildman–Crippen LogP) is 11.4. The molecule has 0 aliphatic heterocycles. The van der Waals surface area contributed by atoms with E-state index in [1.807, 2.05) is 0 Å². The number of hydrogen-bond acceptors (Lipinski definition) is 0. The van der Waals surface area contributed by atoms with Gasteiger partial charge >= 0.3 is 0 Å². The maximum atomic E-state index is 2.58. The Labute approximate surface area is 272 Å². The molecule has 0 atom stereocenters. The minimum atomic E-state index is 0. The SMILES string of the molecule is Cc1cc(C)c(-c2ccc3c(c2)C(C2(C4=CC=CC4)CCCC2)c2cc(-c4c(C)cc(C)cc4C)ccc2-3)c(C)c1.[Zr]. The van der Waals surface area contributed by atoms with Gasteiger partial charge in [-0.15, -0.1) is 0 Å². The number of rotatable bonds is 4. The molecule has 42 heavy (non-hydrogen) atoms. The first-order chi connectivity index (χ1) is 19.8. The smallest absolute Gasteiger partial charge is 0.0196 e. The van der Waals surface area contributed by atoms with Gasteiger partial charge in [0.15, 0.2) is 0 Å². The van der Waals surface area contributed by atoms with Gasteiger partial charge in [0, 0.05) is 37.5 Å². The van der Waals surface area contributed by atoms with Crippen molar-refractivity contribution in [2.75, 3.05) is 0 Å². The second-order valence-corrected chi connectivity index (χ2v) is 13.3. The Kier molecular flexibility index (Phi) is 7.72. The molecular formula is C41H42Zr. The first kappa shape index (κ1) is 29.3. The maximum Gasteiger partial charge on any atom is 0.0196 e. The summed E-state index contributed by atoms with van der Waals surface area (Å²) in [5, 5.41) is 0. The van der Waals surface area contributed by atoms with Crippen LogP contribution in [0.1, 0.15) is 82.5 Å². The predicted molar refractivity (Wildman–Crippen MR) is 176 cm³/mol. The molecule has 0 unspecified atom stereocenters. The Balaban J connectivity index is 0.00000316. The van der Waals surface area contributed by atoms with Crippen molar-refractivity contribution in [1.82, 2.24) is 0 Å². The molecule has 7 rings (SSSR count). The molecule has 0 bridgehead atoms. The van der Waals surface area contributed by atoms with Crippen LogP contribution in [0.25, 0.3) is 33.4 Å². The largest absolute Gasteiger partial charge is 0.0804 e. The van der Waals surface area contributed by atoms with E-state index in [0.29, 0.717) is 5.92 Å². The van der Waals surface area contributed by atoms with Gasteiger partial charge in [0.2, 0.25) is 0 Å². The van der Waals surface area contributed by atoms with Crippen LogP contribution in [0.15, 0.2) is 84.5 Å². The molecule has 0 radical (unpaired) electrons. The Morgan fingerprint density at radius 1 is 0.595 bits per heavy atom. The summed E-state index contributed by atoms with van der Waals surface area (Å²) >= 11 is 0. The topological polar surface area (TPSA) is 0 Å². The number of aryl methyl sites for hydroxylation is 6. The molecule has 1 saturated carbocycles. The third-order valence-corrected chi connectivity index (χ3v) is 10.4. The normalized spacial score (nSPS) is 16.8. The average Bonchev–Trinajstić information content (AvgIpc) is 3.67. The van der Waals surface area contributed by atoms with E-state index in [0.717, 1.165) is 6.42 Å². The van der Waals surface area contributed by atoms with Crippen molar-refractivity contribution < 1.29 is 26.2 Å². The first-order valence-corrected chi connectivity index (χ1v) is 15.6. The van der Waals surface area contributed by atoms with Gasteiger partial charge in [0.05, 0.1) is 0 Å². The van der Waals surface area contributed by atoms with Crippen molar-refractivity contribution >= 4 is 0 Å². The molecule has 1 heteroatoms. The summed E-state index contributed by atoms with van der Waals surface area (Å²) in [4.78, 5) is 0. The zero-order valence-corrected chi connectivity index (χ0v) is 28.6. The molecule has 0 spiro atoms. The van der Waals surface area contributed by atoms with Gasteiger partial charge in [-0.2, -0.15) is 0 Å². The van der Waals surface area contributed by atoms with Crippen molar-refractivity contribution in [3.8, 4) is 33.4 Å². The average molecular weight is 626 g/mol. The number of hydrogen-bond donors (Lipinski definition) is 0. The molecule has 4 aromatic carbocycles. The van der Waals surface area contributed by atoms with Crippen molar-refractivity contribution in [3.05, 3.63) is 129 Å². The molecule has 3 aliphatic rings. The van der Waals surface area contributed by atoms with E-state index in [9.17, 15) is 0 Å². The first-order valence-electron chi connectivity index (χ1n) is 15.6. The van der Waals surface area contributed by atoms with Gasteiger partial charge < -0.3 is 0 Å². The molecule has 0 nitrogen and oxygen atoms in total. The quantitative estimate of drug-likeness (QED) is 0.212. The van der Waals surface area contributed by atoms with Crippen molar-refractivity contribution in [1.29, 1.82) is 0 Å². The number of allylic oxidation sites excluding steroid dienone is 4. The summed E-state index contributed by atoms with van der Waals surface area (Å²) in [6, 6.07) is 24.2.